The Kier molecular flexibility index (Phi) is 4.36. The number of hydrogen-bond donors (Lipinski definition) is 1. The minimum absolute atomic E-state index is 0.706. The lowest BCUT2D eigenvalue weighted by Gasteiger charge is -2.08. The maximum absolute atomic E-state index is 5.62. The Balaban J connectivity index is 1.76. The zero-order valence-corrected chi connectivity index (χ0v) is 10.3. The number of fused-ring (bicyclic) bond motifs is 1. The van der Waals surface area contributed by atoms with E-state index >= 15 is 0 Å². The molecular weight excluding hydrogens is 226 g/mol. The van der Waals surface area contributed by atoms with Crippen LogP contribution in [0, 0.1) is 0 Å². The summed E-state index contributed by atoms with van der Waals surface area (Å²) in [6.07, 6.45) is 2.26. The number of benzene rings is 1. The number of rotatable bonds is 5. The highest BCUT2D eigenvalue weighted by molar-refractivity contribution is 8.00. The first kappa shape index (κ1) is 11.3. The van der Waals surface area contributed by atoms with E-state index in [1.54, 1.807) is 0 Å². The normalized spacial score (nSPS) is 19.1. The van der Waals surface area contributed by atoms with E-state index in [9.17, 15) is 0 Å². The van der Waals surface area contributed by atoms with Crippen molar-refractivity contribution < 1.29 is 0 Å². The molecule has 82 valence electrons. The molecular formula is C12H16ClNS. The third kappa shape index (κ3) is 3.13. The second-order valence-corrected chi connectivity index (χ2v) is 5.52. The Morgan fingerprint density at radius 2 is 2.27 bits per heavy atom. The SMILES string of the molecule is ClCCCNCC1Cc2ccccc2S1. The van der Waals surface area contributed by atoms with Gasteiger partial charge in [0.1, 0.15) is 0 Å². The molecule has 1 aromatic rings. The van der Waals surface area contributed by atoms with Gasteiger partial charge in [0.15, 0.2) is 0 Å². The van der Waals surface area contributed by atoms with Gasteiger partial charge >= 0.3 is 0 Å². The quantitative estimate of drug-likeness (QED) is 0.629. The van der Waals surface area contributed by atoms with E-state index in [1.807, 2.05) is 11.8 Å². The van der Waals surface area contributed by atoms with Crippen molar-refractivity contribution in [3.8, 4) is 0 Å². The molecule has 1 aromatic carbocycles. The molecule has 1 aliphatic heterocycles. The van der Waals surface area contributed by atoms with Gasteiger partial charge in [0, 0.05) is 22.6 Å². The van der Waals surface area contributed by atoms with Crippen LogP contribution in [0.15, 0.2) is 29.2 Å². The van der Waals surface area contributed by atoms with Gasteiger partial charge in [0.25, 0.3) is 0 Å². The van der Waals surface area contributed by atoms with Gasteiger partial charge < -0.3 is 5.32 Å². The standard InChI is InChI=1S/C12H16ClNS/c13-6-3-7-14-9-11-8-10-4-1-2-5-12(10)15-11/h1-2,4-5,11,14H,3,6-9H2. The van der Waals surface area contributed by atoms with Gasteiger partial charge in [-0.2, -0.15) is 0 Å². The van der Waals surface area contributed by atoms with Crippen LogP contribution in [0.5, 0.6) is 0 Å². The molecule has 3 heteroatoms. The third-order valence-electron chi connectivity index (χ3n) is 2.57. The number of alkyl halides is 1. The number of hydrogen-bond acceptors (Lipinski definition) is 2. The van der Waals surface area contributed by atoms with Crippen molar-refractivity contribution >= 4 is 23.4 Å². The smallest absolute Gasteiger partial charge is 0.0260 e. The van der Waals surface area contributed by atoms with Crippen LogP contribution >= 0.6 is 23.4 Å². The molecule has 1 heterocycles. The Morgan fingerprint density at radius 1 is 1.40 bits per heavy atom. The number of thioether (sulfide) groups is 1. The van der Waals surface area contributed by atoms with Crippen molar-refractivity contribution in [1.82, 2.24) is 5.32 Å². The van der Waals surface area contributed by atoms with E-state index in [0.717, 1.165) is 25.4 Å². The molecule has 15 heavy (non-hydrogen) atoms. The summed E-state index contributed by atoms with van der Waals surface area (Å²) in [4.78, 5) is 1.46. The average Bonchev–Trinajstić information content (AvgIpc) is 2.67. The van der Waals surface area contributed by atoms with Crippen LogP contribution < -0.4 is 5.32 Å². The Morgan fingerprint density at radius 3 is 3.07 bits per heavy atom. The molecule has 1 nitrogen and oxygen atoms in total. The Labute approximate surface area is 101 Å². The molecule has 1 N–H and O–H groups in total. The highest BCUT2D eigenvalue weighted by atomic mass is 35.5. The van der Waals surface area contributed by atoms with E-state index in [-0.39, 0.29) is 0 Å². The minimum atomic E-state index is 0.706. The van der Waals surface area contributed by atoms with Crippen molar-refractivity contribution in [2.75, 3.05) is 19.0 Å². The average molecular weight is 242 g/mol. The van der Waals surface area contributed by atoms with E-state index in [0.29, 0.717) is 5.25 Å². The van der Waals surface area contributed by atoms with Crippen LogP contribution in [0.4, 0.5) is 0 Å². The highest BCUT2D eigenvalue weighted by Gasteiger charge is 2.20. The topological polar surface area (TPSA) is 12.0 Å². The summed E-state index contributed by atoms with van der Waals surface area (Å²) in [5.41, 5.74) is 1.51. The highest BCUT2D eigenvalue weighted by Crippen LogP contribution is 2.36. The van der Waals surface area contributed by atoms with Crippen molar-refractivity contribution in [3.05, 3.63) is 29.8 Å². The Hall–Kier alpha value is -0.180. The first-order chi connectivity index (χ1) is 7.40. The zero-order valence-electron chi connectivity index (χ0n) is 8.71. The van der Waals surface area contributed by atoms with Crippen LogP contribution in [0.1, 0.15) is 12.0 Å². The van der Waals surface area contributed by atoms with E-state index in [4.69, 9.17) is 11.6 Å². The maximum atomic E-state index is 5.62. The molecule has 0 spiro atoms. The second-order valence-electron chi connectivity index (χ2n) is 3.80. The zero-order chi connectivity index (χ0) is 10.5. The number of nitrogens with one attached hydrogen (secondary N) is 1. The lowest BCUT2D eigenvalue weighted by Crippen LogP contribution is -2.25. The lowest BCUT2D eigenvalue weighted by atomic mass is 10.1. The molecule has 0 saturated heterocycles. The number of halogens is 1. The summed E-state index contributed by atoms with van der Waals surface area (Å²) < 4.78 is 0. The second kappa shape index (κ2) is 5.78. The summed E-state index contributed by atoms with van der Waals surface area (Å²) in [5, 5.41) is 4.16. The van der Waals surface area contributed by atoms with Gasteiger partial charge in [-0.3, -0.25) is 0 Å². The minimum Gasteiger partial charge on any atom is -0.316 e. The summed E-state index contributed by atoms with van der Waals surface area (Å²) >= 11 is 7.62. The maximum Gasteiger partial charge on any atom is 0.0260 e. The predicted octanol–water partition coefficient (Wildman–Crippen LogP) is 2.92. The van der Waals surface area contributed by atoms with Gasteiger partial charge in [-0.25, -0.2) is 0 Å². The van der Waals surface area contributed by atoms with Crippen LogP contribution in [0.3, 0.4) is 0 Å². The van der Waals surface area contributed by atoms with Crippen LogP contribution in [0.25, 0.3) is 0 Å². The fourth-order valence-corrected chi connectivity index (χ4v) is 3.24. The van der Waals surface area contributed by atoms with E-state index in [1.165, 1.54) is 16.9 Å². The van der Waals surface area contributed by atoms with Crippen LogP contribution in [0.2, 0.25) is 0 Å². The van der Waals surface area contributed by atoms with Gasteiger partial charge in [0.05, 0.1) is 0 Å². The lowest BCUT2D eigenvalue weighted by molar-refractivity contribution is 0.655. The van der Waals surface area contributed by atoms with Crippen molar-refractivity contribution in [1.29, 1.82) is 0 Å². The summed E-state index contributed by atoms with van der Waals surface area (Å²) in [6.45, 7) is 2.13. The molecule has 1 aliphatic rings. The molecule has 0 aromatic heterocycles. The molecule has 0 saturated carbocycles. The molecule has 0 aliphatic carbocycles. The van der Waals surface area contributed by atoms with Gasteiger partial charge in [-0.15, -0.1) is 23.4 Å². The molecule has 0 radical (unpaired) electrons. The monoisotopic (exact) mass is 241 g/mol. The fraction of sp³-hybridized carbons (Fsp3) is 0.500. The van der Waals surface area contributed by atoms with Gasteiger partial charge in [-0.05, 0) is 31.0 Å². The molecule has 2 rings (SSSR count). The molecule has 1 unspecified atom stereocenters. The van der Waals surface area contributed by atoms with E-state index in [2.05, 4.69) is 29.6 Å². The van der Waals surface area contributed by atoms with Gasteiger partial charge in [0.2, 0.25) is 0 Å². The van der Waals surface area contributed by atoms with Crippen LogP contribution in [-0.2, 0) is 6.42 Å². The first-order valence-corrected chi connectivity index (χ1v) is 6.83. The fourth-order valence-electron chi connectivity index (χ4n) is 1.82. The molecule has 0 fully saturated rings. The van der Waals surface area contributed by atoms with E-state index < -0.39 is 0 Å². The third-order valence-corrected chi connectivity index (χ3v) is 4.16. The first-order valence-electron chi connectivity index (χ1n) is 5.41. The van der Waals surface area contributed by atoms with Crippen molar-refractivity contribution in [2.45, 2.75) is 23.0 Å². The van der Waals surface area contributed by atoms with Crippen molar-refractivity contribution in [3.63, 3.8) is 0 Å². The van der Waals surface area contributed by atoms with Crippen molar-refractivity contribution in [2.24, 2.45) is 0 Å². The summed E-state index contributed by atoms with van der Waals surface area (Å²) in [5.74, 6) is 0.755. The molecule has 0 bridgehead atoms. The largest absolute Gasteiger partial charge is 0.316 e. The Bertz CT molecular complexity index is 291. The summed E-state index contributed by atoms with van der Waals surface area (Å²) in [6, 6.07) is 8.71. The van der Waals surface area contributed by atoms with Gasteiger partial charge in [-0.1, -0.05) is 18.2 Å². The molecule has 1 atom stereocenters. The van der Waals surface area contributed by atoms with Crippen LogP contribution in [-0.4, -0.2) is 24.2 Å². The predicted molar refractivity (Wildman–Crippen MR) is 68.0 cm³/mol. The molecule has 0 amide bonds. The summed E-state index contributed by atoms with van der Waals surface area (Å²) in [7, 11) is 0.